The molecule has 26 heavy (non-hydrogen) atoms. The Bertz CT molecular complexity index is 928. The third-order valence-corrected chi connectivity index (χ3v) is 5.04. The van der Waals surface area contributed by atoms with Crippen molar-refractivity contribution in [3.8, 4) is 11.9 Å². The van der Waals surface area contributed by atoms with Crippen molar-refractivity contribution in [1.29, 1.82) is 0 Å². The van der Waals surface area contributed by atoms with Gasteiger partial charge in [0.1, 0.15) is 13.2 Å². The summed E-state index contributed by atoms with van der Waals surface area (Å²) < 4.78 is 12.9. The maximum Gasteiger partial charge on any atom is 0.320 e. The van der Waals surface area contributed by atoms with Crippen molar-refractivity contribution < 1.29 is 9.47 Å². The Balaban J connectivity index is 1.55. The minimum Gasteiger partial charge on any atom is -0.472 e. The van der Waals surface area contributed by atoms with Crippen LogP contribution in [0.25, 0.3) is 3.58 Å². The zero-order valence-electron chi connectivity index (χ0n) is 14.1. The van der Waals surface area contributed by atoms with E-state index < -0.39 is 0 Å². The van der Waals surface area contributed by atoms with Gasteiger partial charge in [0.05, 0.1) is 5.69 Å². The standard InChI is InChI=1S/C21H17IN2O2/c22-18-12-11-17-19(18)23-21(26-14-16-9-5-2-6-10-16)24-20(17)25-13-15-7-3-1-4-8-15/h1-10,12H,11,13-14H2. The Labute approximate surface area is 166 Å². The molecule has 0 amide bonds. The van der Waals surface area contributed by atoms with Crippen LogP contribution in [-0.2, 0) is 19.6 Å². The Morgan fingerprint density at radius 2 is 1.42 bits per heavy atom. The first-order valence-electron chi connectivity index (χ1n) is 8.40. The highest BCUT2D eigenvalue weighted by molar-refractivity contribution is 14.1. The molecular formula is C21H17IN2O2. The lowest BCUT2D eigenvalue weighted by Crippen LogP contribution is -2.06. The second kappa shape index (κ2) is 7.86. The van der Waals surface area contributed by atoms with Crippen LogP contribution in [0.5, 0.6) is 11.9 Å². The van der Waals surface area contributed by atoms with Gasteiger partial charge in [0.25, 0.3) is 0 Å². The first-order valence-corrected chi connectivity index (χ1v) is 9.48. The van der Waals surface area contributed by atoms with Crippen LogP contribution in [0.3, 0.4) is 0 Å². The topological polar surface area (TPSA) is 44.2 Å². The van der Waals surface area contributed by atoms with Crippen molar-refractivity contribution in [1.82, 2.24) is 9.97 Å². The number of allylic oxidation sites excluding steroid dienone is 1. The van der Waals surface area contributed by atoms with Crippen LogP contribution in [0.4, 0.5) is 0 Å². The van der Waals surface area contributed by atoms with E-state index in [1.54, 1.807) is 0 Å². The van der Waals surface area contributed by atoms with E-state index >= 15 is 0 Å². The van der Waals surface area contributed by atoms with Crippen LogP contribution in [0, 0.1) is 0 Å². The summed E-state index contributed by atoms with van der Waals surface area (Å²) >= 11 is 2.30. The second-order valence-electron chi connectivity index (χ2n) is 5.94. The van der Waals surface area contributed by atoms with Gasteiger partial charge in [0.15, 0.2) is 0 Å². The fourth-order valence-electron chi connectivity index (χ4n) is 2.75. The number of fused-ring (bicyclic) bond motifs is 1. The summed E-state index contributed by atoms with van der Waals surface area (Å²) in [7, 11) is 0. The molecule has 4 rings (SSSR count). The van der Waals surface area contributed by atoms with Gasteiger partial charge in [0.2, 0.25) is 5.88 Å². The number of rotatable bonds is 6. The van der Waals surface area contributed by atoms with E-state index in [0.29, 0.717) is 25.1 Å². The fraction of sp³-hybridized carbons (Fsp3) is 0.143. The summed E-state index contributed by atoms with van der Waals surface area (Å²) in [6.07, 6.45) is 2.92. The fourth-order valence-corrected chi connectivity index (χ4v) is 3.41. The quantitative estimate of drug-likeness (QED) is 0.492. The van der Waals surface area contributed by atoms with Crippen LogP contribution < -0.4 is 9.47 Å². The zero-order chi connectivity index (χ0) is 17.8. The van der Waals surface area contributed by atoms with Gasteiger partial charge >= 0.3 is 6.01 Å². The number of halogens is 1. The van der Waals surface area contributed by atoms with Gasteiger partial charge in [0, 0.05) is 9.14 Å². The van der Waals surface area contributed by atoms with Crippen molar-refractivity contribution in [2.24, 2.45) is 0 Å². The molecule has 0 bridgehead atoms. The van der Waals surface area contributed by atoms with Crippen LogP contribution in [0.2, 0.25) is 0 Å². The number of ether oxygens (including phenoxy) is 2. The van der Waals surface area contributed by atoms with Crippen molar-refractivity contribution >= 4 is 26.2 Å². The first-order chi connectivity index (χ1) is 12.8. The SMILES string of the molecule is IC1=CCc2c(OCc3ccccc3)nc(OCc3ccccc3)nc21. The largest absolute Gasteiger partial charge is 0.472 e. The van der Waals surface area contributed by atoms with E-state index in [1.165, 1.54) is 0 Å². The molecule has 0 aliphatic heterocycles. The van der Waals surface area contributed by atoms with Gasteiger partial charge in [-0.3, -0.25) is 0 Å². The molecule has 0 N–H and O–H groups in total. The van der Waals surface area contributed by atoms with Crippen molar-refractivity contribution in [2.75, 3.05) is 0 Å². The number of nitrogens with zero attached hydrogens (tertiary/aromatic N) is 2. The van der Waals surface area contributed by atoms with Crippen LogP contribution in [0.1, 0.15) is 22.4 Å². The Morgan fingerprint density at radius 1 is 0.808 bits per heavy atom. The molecule has 0 atom stereocenters. The van der Waals surface area contributed by atoms with Crippen molar-refractivity contribution in [3.63, 3.8) is 0 Å². The van der Waals surface area contributed by atoms with Gasteiger partial charge in [-0.1, -0.05) is 66.7 Å². The predicted molar refractivity (Wildman–Crippen MR) is 109 cm³/mol. The lowest BCUT2D eigenvalue weighted by molar-refractivity contribution is 0.256. The summed E-state index contributed by atoms with van der Waals surface area (Å²) in [5, 5.41) is 0. The molecule has 3 aromatic rings. The maximum atomic E-state index is 6.01. The zero-order valence-corrected chi connectivity index (χ0v) is 16.2. The highest BCUT2D eigenvalue weighted by Gasteiger charge is 2.22. The van der Waals surface area contributed by atoms with E-state index in [9.17, 15) is 0 Å². The summed E-state index contributed by atoms with van der Waals surface area (Å²) in [4.78, 5) is 9.09. The molecule has 1 aliphatic carbocycles. The van der Waals surface area contributed by atoms with Crippen LogP contribution in [0.15, 0.2) is 66.7 Å². The maximum absolute atomic E-state index is 6.01. The Kier molecular flexibility index (Phi) is 5.15. The second-order valence-corrected chi connectivity index (χ2v) is 7.11. The number of aromatic nitrogens is 2. The molecule has 1 aromatic heterocycles. The predicted octanol–water partition coefficient (Wildman–Crippen LogP) is 4.97. The van der Waals surface area contributed by atoms with Crippen molar-refractivity contribution in [3.05, 3.63) is 89.1 Å². The highest BCUT2D eigenvalue weighted by Crippen LogP contribution is 2.36. The van der Waals surface area contributed by atoms with E-state index in [4.69, 9.17) is 9.47 Å². The third kappa shape index (κ3) is 3.88. The summed E-state index contributed by atoms with van der Waals surface area (Å²) in [6, 6.07) is 20.4. The molecule has 0 fully saturated rings. The van der Waals surface area contributed by atoms with E-state index in [-0.39, 0.29) is 0 Å². The lowest BCUT2D eigenvalue weighted by atomic mass is 10.2. The molecule has 0 saturated carbocycles. The molecule has 1 heterocycles. The smallest absolute Gasteiger partial charge is 0.320 e. The minimum atomic E-state index is 0.347. The van der Waals surface area contributed by atoms with Gasteiger partial charge < -0.3 is 9.47 Å². The summed E-state index contributed by atoms with van der Waals surface area (Å²) in [6.45, 7) is 0.900. The van der Waals surface area contributed by atoms with Gasteiger partial charge in [-0.25, -0.2) is 0 Å². The van der Waals surface area contributed by atoms with E-state index in [1.807, 2.05) is 60.7 Å². The number of hydrogen-bond donors (Lipinski definition) is 0. The number of benzene rings is 2. The van der Waals surface area contributed by atoms with E-state index in [0.717, 1.165) is 32.4 Å². The average Bonchev–Trinajstić information content (AvgIpc) is 3.07. The van der Waals surface area contributed by atoms with Gasteiger partial charge in [-0.2, -0.15) is 9.97 Å². The normalized spacial score (nSPS) is 12.4. The Hall–Kier alpha value is -2.41. The summed E-state index contributed by atoms with van der Waals surface area (Å²) in [5.74, 6) is 0.602. The van der Waals surface area contributed by atoms with Gasteiger partial charge in [-0.05, 0) is 40.1 Å². The third-order valence-electron chi connectivity index (χ3n) is 4.09. The monoisotopic (exact) mass is 456 g/mol. The highest BCUT2D eigenvalue weighted by atomic mass is 127. The average molecular weight is 456 g/mol. The number of hydrogen-bond acceptors (Lipinski definition) is 4. The molecule has 0 unspecified atom stereocenters. The van der Waals surface area contributed by atoms with Crippen LogP contribution in [-0.4, -0.2) is 9.97 Å². The lowest BCUT2D eigenvalue weighted by Gasteiger charge is -2.12. The molecule has 4 nitrogen and oxygen atoms in total. The first kappa shape index (κ1) is 17.0. The molecule has 0 saturated heterocycles. The molecule has 130 valence electrons. The summed E-state index contributed by atoms with van der Waals surface area (Å²) in [5.41, 5.74) is 4.12. The molecule has 0 spiro atoms. The molecule has 1 aliphatic rings. The molecule has 2 aromatic carbocycles. The Morgan fingerprint density at radius 3 is 2.08 bits per heavy atom. The molecular weight excluding hydrogens is 439 g/mol. The minimum absolute atomic E-state index is 0.347. The molecule has 5 heteroatoms. The van der Waals surface area contributed by atoms with E-state index in [2.05, 4.69) is 38.6 Å². The van der Waals surface area contributed by atoms with Gasteiger partial charge in [-0.15, -0.1) is 0 Å². The van der Waals surface area contributed by atoms with Crippen LogP contribution >= 0.6 is 22.6 Å². The molecule has 0 radical (unpaired) electrons. The van der Waals surface area contributed by atoms with Crippen molar-refractivity contribution in [2.45, 2.75) is 19.6 Å².